The van der Waals surface area contributed by atoms with E-state index in [1.165, 1.54) is 0 Å². The summed E-state index contributed by atoms with van der Waals surface area (Å²) in [7, 11) is 0. The van der Waals surface area contributed by atoms with Crippen molar-refractivity contribution in [3.8, 4) is 5.75 Å². The first-order valence-electron chi connectivity index (χ1n) is 7.42. The third-order valence-corrected chi connectivity index (χ3v) is 6.10. The Kier molecular flexibility index (Phi) is 6.03. The fourth-order valence-corrected chi connectivity index (χ4v) is 4.57. The van der Waals surface area contributed by atoms with E-state index in [0.29, 0.717) is 17.9 Å². The number of carbonyl (C=O) groups excluding carboxylic acids is 2. The van der Waals surface area contributed by atoms with Crippen molar-refractivity contribution < 1.29 is 19.5 Å². The minimum Gasteiger partial charge on any atom is -0.487 e. The average Bonchev–Trinajstić information content (AvgIpc) is 2.95. The molecular formula is C17H15IN2O4S. The summed E-state index contributed by atoms with van der Waals surface area (Å²) in [4.78, 5) is 22.8. The number of hydrogen-bond donors (Lipinski definition) is 2. The highest BCUT2D eigenvalue weighted by Crippen LogP contribution is 2.24. The van der Waals surface area contributed by atoms with Crippen molar-refractivity contribution >= 4 is 53.4 Å². The maximum atomic E-state index is 11.6. The lowest BCUT2D eigenvalue weighted by atomic mass is 10.1. The molecule has 1 atom stereocenters. The Labute approximate surface area is 158 Å². The number of nitrogens with one attached hydrogen (secondary N) is 1. The van der Waals surface area contributed by atoms with Gasteiger partial charge in [0.05, 0.1) is 5.25 Å². The Hall–Kier alpha value is -1.94. The van der Waals surface area contributed by atoms with E-state index in [4.69, 9.17) is 9.94 Å². The van der Waals surface area contributed by atoms with Crippen molar-refractivity contribution in [2.24, 2.45) is 5.16 Å². The van der Waals surface area contributed by atoms with Crippen LogP contribution in [0.15, 0.2) is 51.2 Å². The lowest BCUT2D eigenvalue weighted by molar-refractivity contribution is -0.118. The summed E-state index contributed by atoms with van der Waals surface area (Å²) in [5.41, 5.74) is 2.26. The Balaban J connectivity index is 1.56. The van der Waals surface area contributed by atoms with Crippen molar-refractivity contribution in [3.05, 3.63) is 51.6 Å². The van der Waals surface area contributed by atoms with Crippen LogP contribution in [0.3, 0.4) is 0 Å². The third-order valence-electron chi connectivity index (χ3n) is 3.57. The van der Waals surface area contributed by atoms with E-state index < -0.39 is 0 Å². The van der Waals surface area contributed by atoms with Gasteiger partial charge in [-0.1, -0.05) is 49.8 Å². The normalized spacial score (nSPS) is 20.1. The summed E-state index contributed by atoms with van der Waals surface area (Å²) < 4.78 is 9.85. The van der Waals surface area contributed by atoms with Crippen LogP contribution in [0.1, 0.15) is 5.56 Å². The second-order valence-corrected chi connectivity index (χ2v) is 8.57. The zero-order chi connectivity index (χ0) is 17.6. The largest absolute Gasteiger partial charge is 0.487 e. The number of amides is 2. The van der Waals surface area contributed by atoms with Crippen LogP contribution < -0.4 is 10.1 Å². The average molecular weight is 470 g/mol. The molecule has 2 N–H and O–H groups in total. The second kappa shape index (κ2) is 8.43. The molecule has 2 heterocycles. The predicted molar refractivity (Wildman–Crippen MR) is 107 cm³/mol. The van der Waals surface area contributed by atoms with Gasteiger partial charge in [0.25, 0.3) is 5.24 Å². The Morgan fingerprint density at radius 2 is 2.12 bits per heavy atom. The van der Waals surface area contributed by atoms with Crippen LogP contribution in [0.4, 0.5) is 4.79 Å². The Bertz CT molecular complexity index is 799. The van der Waals surface area contributed by atoms with Gasteiger partial charge < -0.3 is 9.94 Å². The molecule has 0 spiro atoms. The second-order valence-electron chi connectivity index (χ2n) is 5.23. The Morgan fingerprint density at radius 1 is 1.32 bits per heavy atom. The van der Waals surface area contributed by atoms with Gasteiger partial charge in [0.2, 0.25) is 5.91 Å². The summed E-state index contributed by atoms with van der Waals surface area (Å²) in [6.07, 6.45) is 4.38. The number of imide groups is 1. The highest BCUT2D eigenvalue weighted by molar-refractivity contribution is 14.2. The van der Waals surface area contributed by atoms with Crippen LogP contribution in [0.5, 0.6) is 5.75 Å². The SMILES string of the molecule is O=C1NC(=O)C(Cc2ccc(OC/C(=N\O)C3=CC=IC=C3)cc2)S1. The molecule has 2 aliphatic rings. The molecule has 1 saturated heterocycles. The van der Waals surface area contributed by atoms with Gasteiger partial charge in [-0.3, -0.25) is 14.9 Å². The smallest absolute Gasteiger partial charge is 0.286 e. The maximum absolute atomic E-state index is 11.6. The van der Waals surface area contributed by atoms with E-state index in [-0.39, 0.29) is 43.7 Å². The number of halogens is 1. The first kappa shape index (κ1) is 17.9. The molecule has 1 aromatic rings. The molecule has 0 aliphatic carbocycles. The monoisotopic (exact) mass is 470 g/mol. The number of hydrogen-bond acceptors (Lipinski definition) is 6. The third kappa shape index (κ3) is 4.79. The molecule has 2 amide bonds. The number of allylic oxidation sites excluding steroid dienone is 2. The number of rotatable bonds is 6. The summed E-state index contributed by atoms with van der Waals surface area (Å²) in [6, 6.07) is 7.32. The molecule has 6 nitrogen and oxygen atoms in total. The van der Waals surface area contributed by atoms with Gasteiger partial charge in [0, 0.05) is 5.57 Å². The van der Waals surface area contributed by atoms with E-state index in [1.54, 1.807) is 12.1 Å². The molecule has 8 heteroatoms. The summed E-state index contributed by atoms with van der Waals surface area (Å²) in [5, 5.41) is 14.1. The maximum Gasteiger partial charge on any atom is 0.286 e. The highest BCUT2D eigenvalue weighted by atomic mass is 127. The molecular weight excluding hydrogens is 455 g/mol. The molecule has 130 valence electrons. The minimum atomic E-state index is -0.378. The van der Waals surface area contributed by atoms with E-state index in [9.17, 15) is 9.59 Å². The van der Waals surface area contributed by atoms with E-state index in [2.05, 4.69) is 18.6 Å². The van der Waals surface area contributed by atoms with Gasteiger partial charge in [0.15, 0.2) is 0 Å². The van der Waals surface area contributed by atoms with Crippen molar-refractivity contribution in [3.63, 3.8) is 0 Å². The molecule has 1 aromatic carbocycles. The molecule has 0 aromatic heterocycles. The summed E-state index contributed by atoms with van der Waals surface area (Å²) in [6.45, 7) is 0.160. The van der Waals surface area contributed by atoms with Gasteiger partial charge in [-0.15, -0.1) is 0 Å². The fraction of sp³-hybridized carbons (Fsp3) is 0.176. The highest BCUT2D eigenvalue weighted by Gasteiger charge is 2.31. The molecule has 0 bridgehead atoms. The van der Waals surface area contributed by atoms with Crippen molar-refractivity contribution in [1.29, 1.82) is 0 Å². The van der Waals surface area contributed by atoms with Crippen molar-refractivity contribution in [2.75, 3.05) is 6.61 Å². The van der Waals surface area contributed by atoms with Gasteiger partial charge in [0.1, 0.15) is 18.1 Å². The lowest BCUT2D eigenvalue weighted by Crippen LogP contribution is -2.25. The fourth-order valence-electron chi connectivity index (χ4n) is 2.28. The van der Waals surface area contributed by atoms with Crippen LogP contribution in [0, 0.1) is 0 Å². The van der Waals surface area contributed by atoms with Crippen LogP contribution in [-0.2, 0) is 11.2 Å². The van der Waals surface area contributed by atoms with Crippen molar-refractivity contribution in [2.45, 2.75) is 11.7 Å². The van der Waals surface area contributed by atoms with Gasteiger partial charge in [-0.05, 0) is 44.4 Å². The van der Waals surface area contributed by atoms with E-state index in [0.717, 1.165) is 22.9 Å². The molecule has 1 unspecified atom stereocenters. The zero-order valence-electron chi connectivity index (χ0n) is 13.0. The van der Waals surface area contributed by atoms with Gasteiger partial charge in [-0.2, -0.15) is 0 Å². The van der Waals surface area contributed by atoms with Crippen molar-refractivity contribution in [1.82, 2.24) is 5.32 Å². The summed E-state index contributed by atoms with van der Waals surface area (Å²) >= 11 is 0.993. The quantitative estimate of drug-likeness (QED) is 0.289. The van der Waals surface area contributed by atoms with Gasteiger partial charge in [-0.25, -0.2) is 0 Å². The summed E-state index contributed by atoms with van der Waals surface area (Å²) in [5.74, 6) is 0.397. The number of benzene rings is 1. The Morgan fingerprint density at radius 3 is 2.72 bits per heavy atom. The minimum absolute atomic E-state index is 0.0247. The number of thioether (sulfide) groups is 1. The van der Waals surface area contributed by atoms with Crippen LogP contribution in [0.25, 0.3) is 0 Å². The first-order valence-corrected chi connectivity index (χ1v) is 10.8. The first-order chi connectivity index (χ1) is 12.2. The molecule has 3 rings (SSSR count). The zero-order valence-corrected chi connectivity index (χ0v) is 16.0. The predicted octanol–water partition coefficient (Wildman–Crippen LogP) is 3.02. The number of oxime groups is 1. The van der Waals surface area contributed by atoms with E-state index >= 15 is 0 Å². The number of carbonyl (C=O) groups is 2. The standard InChI is InChI=1S/C17H15IN2O4S/c21-16-15(25-17(22)19-16)9-11-1-3-13(4-2-11)24-10-14(20-23)12-5-7-18-8-6-12/h1-8,15,23H,9-10H2,(H,19,21,22)/b20-14+. The molecule has 0 radical (unpaired) electrons. The van der Waals surface area contributed by atoms with E-state index in [1.807, 2.05) is 24.3 Å². The molecule has 25 heavy (non-hydrogen) atoms. The van der Waals surface area contributed by atoms with Crippen LogP contribution >= 0.6 is 32.5 Å². The lowest BCUT2D eigenvalue weighted by Gasteiger charge is -2.10. The molecule has 1 fully saturated rings. The van der Waals surface area contributed by atoms with Crippen LogP contribution in [0.2, 0.25) is 0 Å². The number of nitrogens with zero attached hydrogens (tertiary/aromatic N) is 1. The number of ether oxygens (including phenoxy) is 1. The van der Waals surface area contributed by atoms with Gasteiger partial charge >= 0.3 is 0 Å². The van der Waals surface area contributed by atoms with Crippen LogP contribution in [-0.4, -0.2) is 37.9 Å². The molecule has 2 aliphatic heterocycles. The molecule has 0 saturated carbocycles. The topological polar surface area (TPSA) is 88.0 Å².